The van der Waals surface area contributed by atoms with E-state index in [0.29, 0.717) is 13.0 Å². The molecule has 0 heterocycles. The van der Waals surface area contributed by atoms with Crippen LogP contribution in [0.25, 0.3) is 0 Å². The maximum atomic E-state index is 12.4. The Balaban J connectivity index is 2.45. The number of aromatic hydroxyl groups is 3. The summed E-state index contributed by atoms with van der Waals surface area (Å²) >= 11 is 0. The maximum absolute atomic E-state index is 12.4. The van der Waals surface area contributed by atoms with E-state index < -0.39 is 11.5 Å². The number of phenolic OH excluding ortho intramolecular Hbond substituents is 3. The highest BCUT2D eigenvalue weighted by Crippen LogP contribution is 2.39. The number of hydrogen-bond donors (Lipinski definition) is 3. The highest BCUT2D eigenvalue weighted by atomic mass is 16.5. The van der Waals surface area contributed by atoms with Crippen molar-refractivity contribution >= 4 is 5.78 Å². The molecule has 0 saturated carbocycles. The molecule has 5 heteroatoms. The van der Waals surface area contributed by atoms with E-state index in [4.69, 9.17) is 4.74 Å². The minimum absolute atomic E-state index is 0.0413. The molecule has 0 atom stereocenters. The second-order valence-electron chi connectivity index (χ2n) is 4.50. The molecule has 0 aliphatic heterocycles. The molecular weight excluding hydrogens is 272 g/mol. The second-order valence-corrected chi connectivity index (χ2v) is 4.50. The van der Waals surface area contributed by atoms with Gasteiger partial charge in [-0.05, 0) is 30.7 Å². The summed E-state index contributed by atoms with van der Waals surface area (Å²) in [6.07, 6.45) is 0.691. The highest BCUT2D eigenvalue weighted by Gasteiger charge is 2.21. The number of para-hydroxylation sites is 1. The smallest absolute Gasteiger partial charge is 0.203 e. The molecule has 110 valence electrons. The van der Waals surface area contributed by atoms with Crippen molar-refractivity contribution in [2.45, 2.75) is 13.3 Å². The Morgan fingerprint density at radius 1 is 1.00 bits per heavy atom. The first-order valence-corrected chi connectivity index (χ1v) is 6.56. The molecule has 0 saturated heterocycles. The minimum atomic E-state index is -0.549. The maximum Gasteiger partial charge on any atom is 0.203 e. The van der Waals surface area contributed by atoms with E-state index >= 15 is 0 Å². The van der Waals surface area contributed by atoms with E-state index in [1.54, 1.807) is 12.1 Å². The summed E-state index contributed by atoms with van der Waals surface area (Å²) in [5, 5.41) is 29.6. The fraction of sp³-hybridized carbons (Fsp3) is 0.188. The Kier molecular flexibility index (Phi) is 4.33. The van der Waals surface area contributed by atoms with Gasteiger partial charge in [0.15, 0.2) is 11.5 Å². The van der Waals surface area contributed by atoms with E-state index in [2.05, 4.69) is 0 Å². The van der Waals surface area contributed by atoms with Crippen molar-refractivity contribution in [3.05, 3.63) is 47.5 Å². The van der Waals surface area contributed by atoms with Crippen LogP contribution in [0, 0.1) is 0 Å². The van der Waals surface area contributed by atoms with Gasteiger partial charge in [0.1, 0.15) is 5.75 Å². The number of phenols is 3. The van der Waals surface area contributed by atoms with Crippen LogP contribution >= 0.6 is 0 Å². The van der Waals surface area contributed by atoms with E-state index in [1.165, 1.54) is 24.3 Å². The summed E-state index contributed by atoms with van der Waals surface area (Å²) < 4.78 is 5.26. The zero-order valence-corrected chi connectivity index (χ0v) is 11.5. The molecule has 2 aromatic carbocycles. The monoisotopic (exact) mass is 288 g/mol. The van der Waals surface area contributed by atoms with Gasteiger partial charge in [0.05, 0.1) is 17.7 Å². The zero-order valence-electron chi connectivity index (χ0n) is 11.5. The topological polar surface area (TPSA) is 87.0 Å². The summed E-state index contributed by atoms with van der Waals surface area (Å²) in [5.74, 6) is -1.53. The minimum Gasteiger partial charge on any atom is -0.507 e. The fourth-order valence-electron chi connectivity index (χ4n) is 1.90. The molecular formula is C16H16O5. The number of carbonyl (C=O) groups is 1. The molecule has 2 aromatic rings. The average molecular weight is 288 g/mol. The van der Waals surface area contributed by atoms with Gasteiger partial charge in [-0.2, -0.15) is 0 Å². The number of rotatable bonds is 5. The van der Waals surface area contributed by atoms with Crippen molar-refractivity contribution in [3.8, 4) is 23.0 Å². The first kappa shape index (κ1) is 14.7. The summed E-state index contributed by atoms with van der Waals surface area (Å²) in [4.78, 5) is 12.4. The lowest BCUT2D eigenvalue weighted by atomic mass is 10.0. The quantitative estimate of drug-likeness (QED) is 0.736. The third-order valence-electron chi connectivity index (χ3n) is 2.95. The fourth-order valence-corrected chi connectivity index (χ4v) is 1.90. The Hall–Kier alpha value is -2.69. The van der Waals surface area contributed by atoms with Crippen LogP contribution in [0.3, 0.4) is 0 Å². The summed E-state index contributed by atoms with van der Waals surface area (Å²) in [6, 6.07) is 8.61. The SMILES string of the molecule is CCCOc1c(O)ccc(C(=O)c2ccccc2O)c1O. The van der Waals surface area contributed by atoms with Crippen LogP contribution < -0.4 is 4.74 Å². The Morgan fingerprint density at radius 3 is 2.38 bits per heavy atom. The van der Waals surface area contributed by atoms with Crippen LogP contribution in [-0.4, -0.2) is 27.7 Å². The molecule has 21 heavy (non-hydrogen) atoms. The van der Waals surface area contributed by atoms with Gasteiger partial charge >= 0.3 is 0 Å². The molecule has 0 unspecified atom stereocenters. The van der Waals surface area contributed by atoms with Crippen LogP contribution in [-0.2, 0) is 0 Å². The van der Waals surface area contributed by atoms with Crippen molar-refractivity contribution in [1.82, 2.24) is 0 Å². The standard InChI is InChI=1S/C16H16O5/c1-2-9-21-16-13(18)8-7-11(15(16)20)14(19)10-5-3-4-6-12(10)17/h3-8,17-18,20H,2,9H2,1H3. The molecule has 5 nitrogen and oxygen atoms in total. The molecule has 0 aliphatic rings. The Labute approximate surface area is 122 Å². The Bertz CT molecular complexity index is 664. The molecule has 0 aromatic heterocycles. The van der Waals surface area contributed by atoms with Crippen LogP contribution in [0.2, 0.25) is 0 Å². The number of carbonyl (C=O) groups excluding carboxylic acids is 1. The van der Waals surface area contributed by atoms with Gasteiger partial charge in [0.25, 0.3) is 0 Å². The molecule has 2 rings (SSSR count). The first-order chi connectivity index (χ1) is 10.1. The number of ketones is 1. The van der Waals surface area contributed by atoms with Gasteiger partial charge < -0.3 is 20.1 Å². The third-order valence-corrected chi connectivity index (χ3v) is 2.95. The van der Waals surface area contributed by atoms with Crippen molar-refractivity contribution < 1.29 is 24.9 Å². The van der Waals surface area contributed by atoms with Gasteiger partial charge in [0.2, 0.25) is 11.5 Å². The van der Waals surface area contributed by atoms with Crippen molar-refractivity contribution in [3.63, 3.8) is 0 Å². The third kappa shape index (κ3) is 2.91. The van der Waals surface area contributed by atoms with Crippen molar-refractivity contribution in [2.24, 2.45) is 0 Å². The van der Waals surface area contributed by atoms with E-state index in [1.807, 2.05) is 6.92 Å². The lowest BCUT2D eigenvalue weighted by Crippen LogP contribution is -2.04. The number of ether oxygens (including phenoxy) is 1. The zero-order chi connectivity index (χ0) is 15.4. The molecule has 3 N–H and O–H groups in total. The highest BCUT2D eigenvalue weighted by molar-refractivity contribution is 6.12. The van der Waals surface area contributed by atoms with E-state index in [-0.39, 0.29) is 28.4 Å². The van der Waals surface area contributed by atoms with Crippen LogP contribution in [0.4, 0.5) is 0 Å². The first-order valence-electron chi connectivity index (χ1n) is 6.56. The predicted molar refractivity (Wildman–Crippen MR) is 77.1 cm³/mol. The van der Waals surface area contributed by atoms with E-state index in [0.717, 1.165) is 0 Å². The van der Waals surface area contributed by atoms with Gasteiger partial charge in [-0.15, -0.1) is 0 Å². The predicted octanol–water partition coefficient (Wildman–Crippen LogP) is 2.82. The molecule has 0 bridgehead atoms. The summed E-state index contributed by atoms with van der Waals surface area (Å²) in [7, 11) is 0. The van der Waals surface area contributed by atoms with Crippen molar-refractivity contribution in [2.75, 3.05) is 6.61 Å². The number of benzene rings is 2. The summed E-state index contributed by atoms with van der Waals surface area (Å²) in [6.45, 7) is 2.18. The molecule has 0 amide bonds. The van der Waals surface area contributed by atoms with Gasteiger partial charge in [-0.3, -0.25) is 4.79 Å². The molecule has 0 aliphatic carbocycles. The molecule has 0 fully saturated rings. The van der Waals surface area contributed by atoms with Gasteiger partial charge in [-0.25, -0.2) is 0 Å². The average Bonchev–Trinajstić information content (AvgIpc) is 2.47. The lowest BCUT2D eigenvalue weighted by molar-refractivity contribution is 0.103. The van der Waals surface area contributed by atoms with Crippen molar-refractivity contribution in [1.29, 1.82) is 0 Å². The van der Waals surface area contributed by atoms with Crippen LogP contribution in [0.15, 0.2) is 36.4 Å². The van der Waals surface area contributed by atoms with E-state index in [9.17, 15) is 20.1 Å². The second kappa shape index (κ2) is 6.17. The lowest BCUT2D eigenvalue weighted by Gasteiger charge is -2.12. The number of hydrogen-bond acceptors (Lipinski definition) is 5. The molecule has 0 spiro atoms. The van der Waals surface area contributed by atoms with Crippen LogP contribution in [0.5, 0.6) is 23.0 Å². The van der Waals surface area contributed by atoms with Gasteiger partial charge in [-0.1, -0.05) is 19.1 Å². The molecule has 0 radical (unpaired) electrons. The Morgan fingerprint density at radius 2 is 1.71 bits per heavy atom. The summed E-state index contributed by atoms with van der Waals surface area (Å²) in [5.41, 5.74) is 0.0281. The van der Waals surface area contributed by atoms with Gasteiger partial charge in [0, 0.05) is 0 Å². The van der Waals surface area contributed by atoms with Crippen LogP contribution in [0.1, 0.15) is 29.3 Å². The largest absolute Gasteiger partial charge is 0.507 e. The normalized spacial score (nSPS) is 10.3.